The summed E-state index contributed by atoms with van der Waals surface area (Å²) in [5.41, 5.74) is 1.16. The molecule has 0 fully saturated rings. The van der Waals surface area contributed by atoms with Gasteiger partial charge in [-0.05, 0) is 29.5 Å². The number of rotatable bonds is 6. The molecule has 124 valence electrons. The van der Waals surface area contributed by atoms with Crippen LogP contribution < -0.4 is 10.6 Å². The minimum absolute atomic E-state index is 0.0642. The second-order valence-corrected chi connectivity index (χ2v) is 6.35. The van der Waals surface area contributed by atoms with E-state index in [-0.39, 0.29) is 17.3 Å². The predicted octanol–water partition coefficient (Wildman–Crippen LogP) is 2.59. The van der Waals surface area contributed by atoms with Gasteiger partial charge >= 0.3 is 0 Å². The molecule has 0 aliphatic carbocycles. The predicted molar refractivity (Wildman–Crippen MR) is 89.7 cm³/mol. The van der Waals surface area contributed by atoms with Gasteiger partial charge in [-0.3, -0.25) is 4.99 Å². The summed E-state index contributed by atoms with van der Waals surface area (Å²) >= 11 is 0. The van der Waals surface area contributed by atoms with Crippen molar-refractivity contribution in [3.05, 3.63) is 35.6 Å². The van der Waals surface area contributed by atoms with Crippen molar-refractivity contribution in [3.63, 3.8) is 0 Å². The lowest BCUT2D eigenvalue weighted by Crippen LogP contribution is -2.45. The van der Waals surface area contributed by atoms with E-state index in [1.165, 1.54) is 12.1 Å². The Morgan fingerprint density at radius 2 is 1.86 bits per heavy atom. The van der Waals surface area contributed by atoms with Crippen LogP contribution in [0.4, 0.5) is 4.39 Å². The Kier molecular flexibility index (Phi) is 7.32. The number of guanidine groups is 1. The van der Waals surface area contributed by atoms with E-state index in [4.69, 9.17) is 4.74 Å². The molecule has 1 unspecified atom stereocenters. The average molecular weight is 309 g/mol. The van der Waals surface area contributed by atoms with Crippen molar-refractivity contribution in [2.24, 2.45) is 10.4 Å². The van der Waals surface area contributed by atoms with Gasteiger partial charge < -0.3 is 15.4 Å². The van der Waals surface area contributed by atoms with Gasteiger partial charge in [-0.25, -0.2) is 4.39 Å². The first-order chi connectivity index (χ1) is 10.4. The van der Waals surface area contributed by atoms with E-state index in [0.717, 1.165) is 24.5 Å². The molecular formula is C17H28FN3O. The number of aliphatic imine (C=N–C) groups is 1. The molecule has 0 saturated heterocycles. The molecule has 1 aromatic carbocycles. The highest BCUT2D eigenvalue weighted by Gasteiger charge is 2.24. The fourth-order valence-corrected chi connectivity index (χ4v) is 2.13. The van der Waals surface area contributed by atoms with Crippen molar-refractivity contribution in [2.75, 3.05) is 27.2 Å². The Morgan fingerprint density at radius 1 is 1.23 bits per heavy atom. The van der Waals surface area contributed by atoms with Crippen LogP contribution in [0.3, 0.4) is 0 Å². The number of benzene rings is 1. The average Bonchev–Trinajstić information content (AvgIpc) is 2.46. The Morgan fingerprint density at radius 3 is 2.36 bits per heavy atom. The molecule has 0 aliphatic heterocycles. The van der Waals surface area contributed by atoms with E-state index in [0.29, 0.717) is 6.54 Å². The number of hydrogen-bond donors (Lipinski definition) is 2. The molecule has 2 N–H and O–H groups in total. The number of nitrogens with zero attached hydrogens (tertiary/aromatic N) is 1. The van der Waals surface area contributed by atoms with Gasteiger partial charge in [-0.15, -0.1) is 0 Å². The van der Waals surface area contributed by atoms with Crippen LogP contribution in [-0.4, -0.2) is 39.3 Å². The van der Waals surface area contributed by atoms with Gasteiger partial charge in [0, 0.05) is 27.2 Å². The zero-order chi connectivity index (χ0) is 16.6. The molecule has 0 heterocycles. The van der Waals surface area contributed by atoms with Gasteiger partial charge in [0.2, 0.25) is 0 Å². The van der Waals surface area contributed by atoms with Gasteiger partial charge in [0.25, 0.3) is 0 Å². The van der Waals surface area contributed by atoms with E-state index < -0.39 is 0 Å². The SMILES string of the molecule is CN=C(NCCc1ccc(F)cc1)NCC(OC)C(C)(C)C. The second kappa shape index (κ2) is 8.73. The maximum absolute atomic E-state index is 12.8. The lowest BCUT2D eigenvalue weighted by atomic mass is 9.89. The fraction of sp³-hybridized carbons (Fsp3) is 0.588. The maximum Gasteiger partial charge on any atom is 0.191 e. The lowest BCUT2D eigenvalue weighted by molar-refractivity contribution is 0.0205. The van der Waals surface area contributed by atoms with Crippen LogP contribution in [0, 0.1) is 11.2 Å². The zero-order valence-electron chi connectivity index (χ0n) is 14.2. The van der Waals surface area contributed by atoms with E-state index in [1.54, 1.807) is 26.3 Å². The summed E-state index contributed by atoms with van der Waals surface area (Å²) in [7, 11) is 3.47. The highest BCUT2D eigenvalue weighted by Crippen LogP contribution is 2.20. The van der Waals surface area contributed by atoms with Crippen molar-refractivity contribution in [3.8, 4) is 0 Å². The van der Waals surface area contributed by atoms with Crippen LogP contribution >= 0.6 is 0 Å². The standard InChI is InChI=1S/C17H28FN3O/c1-17(2,3)15(22-5)12-21-16(19-4)20-11-10-13-6-8-14(18)9-7-13/h6-9,15H,10-12H2,1-5H3,(H2,19,20,21). The number of nitrogens with one attached hydrogen (secondary N) is 2. The van der Waals surface area contributed by atoms with Gasteiger partial charge in [0.15, 0.2) is 5.96 Å². The molecule has 0 aromatic heterocycles. The molecule has 22 heavy (non-hydrogen) atoms. The third-order valence-electron chi connectivity index (χ3n) is 3.55. The summed E-state index contributed by atoms with van der Waals surface area (Å²) in [4.78, 5) is 4.20. The molecule has 0 spiro atoms. The molecule has 1 atom stereocenters. The molecule has 1 aromatic rings. The summed E-state index contributed by atoms with van der Waals surface area (Å²) in [5, 5.41) is 6.53. The van der Waals surface area contributed by atoms with Crippen LogP contribution in [0.5, 0.6) is 0 Å². The monoisotopic (exact) mass is 309 g/mol. The Labute approximate surface area is 133 Å². The van der Waals surface area contributed by atoms with Crippen LogP contribution in [-0.2, 0) is 11.2 Å². The molecule has 1 rings (SSSR count). The summed E-state index contributed by atoms with van der Waals surface area (Å²) in [6.07, 6.45) is 0.914. The Hall–Kier alpha value is -1.62. The first-order valence-corrected chi connectivity index (χ1v) is 7.58. The number of methoxy groups -OCH3 is 1. The van der Waals surface area contributed by atoms with Gasteiger partial charge in [-0.1, -0.05) is 32.9 Å². The molecule has 0 radical (unpaired) electrons. The van der Waals surface area contributed by atoms with E-state index in [9.17, 15) is 4.39 Å². The Balaban J connectivity index is 2.38. The second-order valence-electron chi connectivity index (χ2n) is 6.35. The number of hydrogen-bond acceptors (Lipinski definition) is 2. The molecule has 0 amide bonds. The van der Waals surface area contributed by atoms with Gasteiger partial charge in [0.05, 0.1) is 6.10 Å². The highest BCUT2D eigenvalue weighted by atomic mass is 19.1. The van der Waals surface area contributed by atoms with Crippen molar-refractivity contribution >= 4 is 5.96 Å². The first-order valence-electron chi connectivity index (χ1n) is 7.58. The third-order valence-corrected chi connectivity index (χ3v) is 3.55. The van der Waals surface area contributed by atoms with Crippen molar-refractivity contribution in [2.45, 2.75) is 33.3 Å². The smallest absolute Gasteiger partial charge is 0.191 e. The topological polar surface area (TPSA) is 45.7 Å². The van der Waals surface area contributed by atoms with Gasteiger partial charge in [0.1, 0.15) is 5.82 Å². The van der Waals surface area contributed by atoms with Gasteiger partial charge in [-0.2, -0.15) is 0 Å². The molecule has 4 nitrogen and oxygen atoms in total. The van der Waals surface area contributed by atoms with E-state index in [2.05, 4.69) is 36.4 Å². The Bertz CT molecular complexity index is 466. The van der Waals surface area contributed by atoms with Crippen LogP contribution in [0.25, 0.3) is 0 Å². The van der Waals surface area contributed by atoms with Crippen LogP contribution in [0.2, 0.25) is 0 Å². The van der Waals surface area contributed by atoms with E-state index >= 15 is 0 Å². The largest absolute Gasteiger partial charge is 0.379 e. The van der Waals surface area contributed by atoms with Crippen molar-refractivity contribution < 1.29 is 9.13 Å². The quantitative estimate of drug-likeness (QED) is 0.627. The molecule has 5 heteroatoms. The van der Waals surface area contributed by atoms with Crippen LogP contribution in [0.15, 0.2) is 29.3 Å². The highest BCUT2D eigenvalue weighted by molar-refractivity contribution is 5.79. The molecule has 0 bridgehead atoms. The number of ether oxygens (including phenoxy) is 1. The first kappa shape index (κ1) is 18.4. The zero-order valence-corrected chi connectivity index (χ0v) is 14.2. The number of halogens is 1. The summed E-state index contributed by atoms with van der Waals surface area (Å²) in [6.45, 7) is 7.86. The third kappa shape index (κ3) is 6.43. The summed E-state index contributed by atoms with van der Waals surface area (Å²) in [5.74, 6) is 0.537. The maximum atomic E-state index is 12.8. The minimum Gasteiger partial charge on any atom is -0.379 e. The van der Waals surface area contributed by atoms with Crippen molar-refractivity contribution in [1.29, 1.82) is 0 Å². The molecule has 0 aliphatic rings. The minimum atomic E-state index is -0.207. The lowest BCUT2D eigenvalue weighted by Gasteiger charge is -2.30. The normalized spacial score (nSPS) is 13.8. The summed E-state index contributed by atoms with van der Waals surface area (Å²) in [6, 6.07) is 6.56. The molecule has 0 saturated carbocycles. The molecular weight excluding hydrogens is 281 g/mol. The van der Waals surface area contributed by atoms with Crippen molar-refractivity contribution in [1.82, 2.24) is 10.6 Å². The fourth-order valence-electron chi connectivity index (χ4n) is 2.13. The van der Waals surface area contributed by atoms with E-state index in [1.807, 2.05) is 0 Å². The van der Waals surface area contributed by atoms with Crippen LogP contribution in [0.1, 0.15) is 26.3 Å². The summed E-state index contributed by atoms with van der Waals surface area (Å²) < 4.78 is 18.4.